The third-order valence-electron chi connectivity index (χ3n) is 2.96. The van der Waals surface area contributed by atoms with E-state index in [1.807, 2.05) is 0 Å². The molecule has 4 N–H and O–H groups in total. The molecule has 3 amide bonds. The lowest BCUT2D eigenvalue weighted by Gasteiger charge is -2.26. The average Bonchev–Trinajstić information content (AvgIpc) is 2.45. The Labute approximate surface area is 123 Å². The van der Waals surface area contributed by atoms with Crippen LogP contribution in [0, 0.1) is 0 Å². The zero-order chi connectivity index (χ0) is 15.0. The Morgan fingerprint density at radius 3 is 2.25 bits per heavy atom. The molecule has 0 aliphatic carbocycles. The van der Waals surface area contributed by atoms with Crippen LogP contribution >= 0.6 is 12.2 Å². The van der Waals surface area contributed by atoms with Gasteiger partial charge in [-0.3, -0.25) is 14.4 Å². The van der Waals surface area contributed by atoms with Crippen molar-refractivity contribution in [1.29, 1.82) is 0 Å². The summed E-state index contributed by atoms with van der Waals surface area (Å²) in [7, 11) is 0. The SMILES string of the molecule is NC(=S)CNC(=O)C(=O)NCCC(=O)N1CCCCC1. The predicted octanol–water partition coefficient (Wildman–Crippen LogP) is -1.09. The highest BCUT2D eigenvalue weighted by Gasteiger charge is 2.17. The first-order valence-corrected chi connectivity index (χ1v) is 7.03. The number of likely N-dealkylation sites (tertiary alicyclic amines) is 1. The minimum Gasteiger partial charge on any atom is -0.392 e. The maximum atomic E-state index is 11.8. The third-order valence-corrected chi connectivity index (χ3v) is 3.11. The fraction of sp³-hybridized carbons (Fsp3) is 0.667. The van der Waals surface area contributed by atoms with E-state index in [2.05, 4.69) is 22.9 Å². The summed E-state index contributed by atoms with van der Waals surface area (Å²) in [6.45, 7) is 1.69. The van der Waals surface area contributed by atoms with E-state index in [-0.39, 0.29) is 30.4 Å². The second-order valence-electron chi connectivity index (χ2n) is 4.60. The minimum absolute atomic E-state index is 0.00791. The summed E-state index contributed by atoms with van der Waals surface area (Å²) < 4.78 is 0. The Morgan fingerprint density at radius 2 is 1.65 bits per heavy atom. The zero-order valence-corrected chi connectivity index (χ0v) is 12.1. The molecule has 1 aliphatic rings. The van der Waals surface area contributed by atoms with Crippen molar-refractivity contribution >= 4 is 34.9 Å². The molecule has 0 bridgehead atoms. The van der Waals surface area contributed by atoms with Gasteiger partial charge in [-0.25, -0.2) is 0 Å². The van der Waals surface area contributed by atoms with Gasteiger partial charge < -0.3 is 21.3 Å². The van der Waals surface area contributed by atoms with Crippen LogP contribution in [-0.4, -0.2) is 53.8 Å². The smallest absolute Gasteiger partial charge is 0.309 e. The van der Waals surface area contributed by atoms with Gasteiger partial charge in [0.1, 0.15) is 0 Å². The summed E-state index contributed by atoms with van der Waals surface area (Å²) in [5.74, 6) is -1.58. The van der Waals surface area contributed by atoms with E-state index in [0.29, 0.717) is 0 Å². The lowest BCUT2D eigenvalue weighted by Crippen LogP contribution is -2.44. The van der Waals surface area contributed by atoms with Crippen LogP contribution in [0.15, 0.2) is 0 Å². The Morgan fingerprint density at radius 1 is 1.05 bits per heavy atom. The number of piperidine rings is 1. The first-order chi connectivity index (χ1) is 9.50. The number of nitrogens with one attached hydrogen (secondary N) is 2. The van der Waals surface area contributed by atoms with E-state index in [9.17, 15) is 14.4 Å². The molecule has 20 heavy (non-hydrogen) atoms. The molecule has 7 nitrogen and oxygen atoms in total. The summed E-state index contributed by atoms with van der Waals surface area (Å²) in [4.78, 5) is 36.4. The van der Waals surface area contributed by atoms with Gasteiger partial charge in [0.25, 0.3) is 0 Å². The van der Waals surface area contributed by atoms with E-state index < -0.39 is 11.8 Å². The molecule has 1 fully saturated rings. The molecular formula is C12H20N4O3S. The molecule has 0 aromatic rings. The standard InChI is InChI=1S/C12H20N4O3S/c13-9(20)8-15-12(19)11(18)14-5-4-10(17)16-6-2-1-3-7-16/h1-8H2,(H2,13,20)(H,14,18)(H,15,19). The van der Waals surface area contributed by atoms with Gasteiger partial charge in [-0.05, 0) is 19.3 Å². The third kappa shape index (κ3) is 5.96. The van der Waals surface area contributed by atoms with Crippen LogP contribution in [0.4, 0.5) is 0 Å². The number of nitrogens with zero attached hydrogens (tertiary/aromatic N) is 1. The van der Waals surface area contributed by atoms with Crippen LogP contribution < -0.4 is 16.4 Å². The second-order valence-corrected chi connectivity index (χ2v) is 5.12. The number of nitrogens with two attached hydrogens (primary N) is 1. The molecule has 0 saturated carbocycles. The van der Waals surface area contributed by atoms with Crippen molar-refractivity contribution in [3.63, 3.8) is 0 Å². The molecule has 1 heterocycles. The topological polar surface area (TPSA) is 105 Å². The molecule has 0 radical (unpaired) electrons. The molecule has 1 aliphatic heterocycles. The molecule has 0 aromatic heterocycles. The Bertz CT molecular complexity index is 394. The van der Waals surface area contributed by atoms with Crippen molar-refractivity contribution in [2.75, 3.05) is 26.2 Å². The van der Waals surface area contributed by atoms with Gasteiger partial charge in [-0.2, -0.15) is 0 Å². The highest BCUT2D eigenvalue weighted by molar-refractivity contribution is 7.80. The molecule has 1 rings (SSSR count). The summed E-state index contributed by atoms with van der Waals surface area (Å²) >= 11 is 4.58. The van der Waals surface area contributed by atoms with E-state index in [1.54, 1.807) is 4.90 Å². The minimum atomic E-state index is -0.803. The Balaban J connectivity index is 2.19. The van der Waals surface area contributed by atoms with Crippen molar-refractivity contribution in [3.8, 4) is 0 Å². The summed E-state index contributed by atoms with van der Waals surface area (Å²) in [6.07, 6.45) is 3.41. The second kappa shape index (κ2) is 8.47. The van der Waals surface area contributed by atoms with Gasteiger partial charge in [0.15, 0.2) is 0 Å². The summed E-state index contributed by atoms with van der Waals surface area (Å²) in [6, 6.07) is 0. The van der Waals surface area contributed by atoms with Crippen molar-refractivity contribution in [1.82, 2.24) is 15.5 Å². The first-order valence-electron chi connectivity index (χ1n) is 6.63. The van der Waals surface area contributed by atoms with E-state index >= 15 is 0 Å². The lowest BCUT2D eigenvalue weighted by molar-refractivity contribution is -0.139. The largest absolute Gasteiger partial charge is 0.392 e. The lowest BCUT2D eigenvalue weighted by atomic mass is 10.1. The van der Waals surface area contributed by atoms with Gasteiger partial charge in [0, 0.05) is 26.1 Å². The van der Waals surface area contributed by atoms with Crippen molar-refractivity contribution < 1.29 is 14.4 Å². The van der Waals surface area contributed by atoms with E-state index in [4.69, 9.17) is 5.73 Å². The number of thiocarbonyl (C=S) groups is 1. The quantitative estimate of drug-likeness (QED) is 0.442. The van der Waals surface area contributed by atoms with Crippen molar-refractivity contribution in [2.45, 2.75) is 25.7 Å². The normalized spacial score (nSPS) is 14.5. The molecule has 8 heteroatoms. The number of carbonyl (C=O) groups excluding carboxylic acids is 3. The van der Waals surface area contributed by atoms with Crippen LogP contribution in [-0.2, 0) is 14.4 Å². The number of hydrogen-bond donors (Lipinski definition) is 3. The molecule has 0 aromatic carbocycles. The summed E-state index contributed by atoms with van der Waals surface area (Å²) in [5.41, 5.74) is 5.20. The number of carbonyl (C=O) groups is 3. The van der Waals surface area contributed by atoms with Crippen LogP contribution in [0.5, 0.6) is 0 Å². The monoisotopic (exact) mass is 300 g/mol. The molecular weight excluding hydrogens is 280 g/mol. The fourth-order valence-corrected chi connectivity index (χ4v) is 1.98. The van der Waals surface area contributed by atoms with Crippen LogP contribution in [0.1, 0.15) is 25.7 Å². The fourth-order valence-electron chi connectivity index (χ4n) is 1.91. The van der Waals surface area contributed by atoms with Crippen LogP contribution in [0.3, 0.4) is 0 Å². The summed E-state index contributed by atoms with van der Waals surface area (Å²) in [5, 5.41) is 4.66. The number of rotatable bonds is 5. The first kappa shape index (κ1) is 16.4. The van der Waals surface area contributed by atoms with E-state index in [1.165, 1.54) is 0 Å². The van der Waals surface area contributed by atoms with Crippen LogP contribution in [0.25, 0.3) is 0 Å². The van der Waals surface area contributed by atoms with Gasteiger partial charge in [0.05, 0.1) is 11.5 Å². The number of hydrogen-bond acceptors (Lipinski definition) is 4. The molecule has 1 saturated heterocycles. The highest BCUT2D eigenvalue weighted by atomic mass is 32.1. The average molecular weight is 300 g/mol. The van der Waals surface area contributed by atoms with Crippen molar-refractivity contribution in [3.05, 3.63) is 0 Å². The molecule has 0 atom stereocenters. The maximum absolute atomic E-state index is 11.8. The molecule has 0 spiro atoms. The van der Waals surface area contributed by atoms with E-state index in [0.717, 1.165) is 32.4 Å². The Hall–Kier alpha value is -1.70. The van der Waals surface area contributed by atoms with Gasteiger partial charge in [0.2, 0.25) is 5.91 Å². The van der Waals surface area contributed by atoms with Crippen molar-refractivity contribution in [2.24, 2.45) is 5.73 Å². The maximum Gasteiger partial charge on any atom is 0.309 e. The predicted molar refractivity (Wildman–Crippen MR) is 77.9 cm³/mol. The molecule has 112 valence electrons. The van der Waals surface area contributed by atoms with Gasteiger partial charge in [-0.1, -0.05) is 12.2 Å². The van der Waals surface area contributed by atoms with Crippen LogP contribution in [0.2, 0.25) is 0 Å². The van der Waals surface area contributed by atoms with Gasteiger partial charge in [-0.15, -0.1) is 0 Å². The Kier molecular flexibility index (Phi) is 6.92. The zero-order valence-electron chi connectivity index (χ0n) is 11.3. The molecule has 0 unspecified atom stereocenters. The van der Waals surface area contributed by atoms with Gasteiger partial charge >= 0.3 is 11.8 Å². The highest BCUT2D eigenvalue weighted by Crippen LogP contribution is 2.09. The number of amides is 3.